The van der Waals surface area contributed by atoms with Gasteiger partial charge < -0.3 is 10.2 Å². The van der Waals surface area contributed by atoms with Crippen molar-refractivity contribution in [3.05, 3.63) is 40.4 Å². The molecule has 0 spiro atoms. The second-order valence-electron chi connectivity index (χ2n) is 2.97. The van der Waals surface area contributed by atoms with Crippen molar-refractivity contribution in [1.82, 2.24) is 4.98 Å². The number of rotatable bonds is 2. The Morgan fingerprint density at radius 3 is 2.93 bits per heavy atom. The predicted molar refractivity (Wildman–Crippen MR) is 57.5 cm³/mol. The van der Waals surface area contributed by atoms with E-state index in [0.29, 0.717) is 11.3 Å². The van der Waals surface area contributed by atoms with Crippen molar-refractivity contribution < 1.29 is 8.81 Å². The molecule has 0 saturated heterocycles. The van der Waals surface area contributed by atoms with Crippen molar-refractivity contribution in [3.8, 4) is 11.5 Å². The quantitative estimate of drug-likeness (QED) is 0.913. The van der Waals surface area contributed by atoms with Crippen LogP contribution in [0.15, 0.2) is 33.4 Å². The largest absolute Gasteiger partial charge is 0.444 e. The Morgan fingerprint density at radius 2 is 2.27 bits per heavy atom. The minimum atomic E-state index is -0.372. The summed E-state index contributed by atoms with van der Waals surface area (Å²) in [6.07, 6.45) is 1.43. The molecule has 2 aromatic rings. The average Bonchev–Trinajstić information content (AvgIpc) is 2.70. The number of hydrogen-bond acceptors (Lipinski definition) is 3. The predicted octanol–water partition coefficient (Wildman–Crippen LogP) is 2.70. The number of halogens is 2. The molecule has 5 heteroatoms. The lowest BCUT2D eigenvalue weighted by Crippen LogP contribution is -1.95. The molecule has 0 aliphatic rings. The number of nitrogens with two attached hydrogens (primary N) is 1. The third-order valence-corrected chi connectivity index (χ3v) is 2.41. The summed E-state index contributed by atoms with van der Waals surface area (Å²) in [5, 5.41) is 0. The van der Waals surface area contributed by atoms with E-state index in [2.05, 4.69) is 20.9 Å². The molecule has 1 aromatic carbocycles. The van der Waals surface area contributed by atoms with E-state index >= 15 is 0 Å². The lowest BCUT2D eigenvalue weighted by molar-refractivity contribution is 0.560. The molecule has 2 rings (SSSR count). The molecule has 0 amide bonds. The monoisotopic (exact) mass is 270 g/mol. The maximum atomic E-state index is 13.4. The van der Waals surface area contributed by atoms with Crippen molar-refractivity contribution in [1.29, 1.82) is 0 Å². The summed E-state index contributed by atoms with van der Waals surface area (Å²) in [6.45, 7) is 0.277. The topological polar surface area (TPSA) is 52.0 Å². The zero-order valence-electron chi connectivity index (χ0n) is 7.71. The van der Waals surface area contributed by atoms with Crippen LogP contribution in [0.25, 0.3) is 11.5 Å². The van der Waals surface area contributed by atoms with E-state index in [0.717, 1.165) is 4.47 Å². The van der Waals surface area contributed by atoms with Gasteiger partial charge in [-0.2, -0.15) is 0 Å². The summed E-state index contributed by atoms with van der Waals surface area (Å²) in [7, 11) is 0. The molecule has 0 aliphatic carbocycles. The van der Waals surface area contributed by atoms with Crippen molar-refractivity contribution in [2.75, 3.05) is 0 Å². The normalized spacial score (nSPS) is 10.6. The number of oxazole rings is 1. The molecule has 2 N–H and O–H groups in total. The Kier molecular flexibility index (Phi) is 2.83. The van der Waals surface area contributed by atoms with Crippen molar-refractivity contribution in [2.45, 2.75) is 6.54 Å². The summed E-state index contributed by atoms with van der Waals surface area (Å²) in [6, 6.07) is 4.58. The van der Waals surface area contributed by atoms with Gasteiger partial charge in [-0.1, -0.05) is 15.9 Å². The molecule has 1 heterocycles. The van der Waals surface area contributed by atoms with E-state index in [1.807, 2.05) is 0 Å². The van der Waals surface area contributed by atoms with Gasteiger partial charge in [0.25, 0.3) is 0 Å². The summed E-state index contributed by atoms with van der Waals surface area (Å²) in [4.78, 5) is 4.05. The van der Waals surface area contributed by atoms with E-state index < -0.39 is 0 Å². The number of aromatic nitrogens is 1. The van der Waals surface area contributed by atoms with Gasteiger partial charge in [-0.15, -0.1) is 0 Å². The van der Waals surface area contributed by atoms with Crippen LogP contribution in [0.3, 0.4) is 0 Å². The highest BCUT2D eigenvalue weighted by atomic mass is 79.9. The molecule has 3 nitrogen and oxygen atoms in total. The highest BCUT2D eigenvalue weighted by Crippen LogP contribution is 2.25. The molecule has 0 radical (unpaired) electrons. The molecular weight excluding hydrogens is 263 g/mol. The van der Waals surface area contributed by atoms with Crippen LogP contribution in [0.2, 0.25) is 0 Å². The second-order valence-corrected chi connectivity index (χ2v) is 3.89. The zero-order valence-corrected chi connectivity index (χ0v) is 9.29. The maximum absolute atomic E-state index is 13.4. The molecule has 78 valence electrons. The van der Waals surface area contributed by atoms with Gasteiger partial charge in [-0.05, 0) is 18.2 Å². The van der Waals surface area contributed by atoms with Crippen LogP contribution >= 0.6 is 15.9 Å². The molecule has 0 unspecified atom stereocenters. The van der Waals surface area contributed by atoms with Gasteiger partial charge >= 0.3 is 0 Å². The van der Waals surface area contributed by atoms with Crippen LogP contribution in [-0.4, -0.2) is 4.98 Å². The Labute approximate surface area is 94.2 Å². The minimum absolute atomic E-state index is 0.245. The summed E-state index contributed by atoms with van der Waals surface area (Å²) < 4.78 is 19.3. The van der Waals surface area contributed by atoms with Gasteiger partial charge in [-0.3, -0.25) is 0 Å². The number of benzene rings is 1. The molecule has 15 heavy (non-hydrogen) atoms. The fraction of sp³-hybridized carbons (Fsp3) is 0.100. The molecule has 0 saturated carbocycles. The first-order valence-electron chi connectivity index (χ1n) is 4.30. The van der Waals surface area contributed by atoms with Gasteiger partial charge in [0.2, 0.25) is 5.89 Å². The average molecular weight is 271 g/mol. The Hall–Kier alpha value is -1.20. The van der Waals surface area contributed by atoms with Crippen molar-refractivity contribution >= 4 is 15.9 Å². The highest BCUT2D eigenvalue weighted by molar-refractivity contribution is 9.10. The zero-order chi connectivity index (χ0) is 10.8. The van der Waals surface area contributed by atoms with E-state index in [-0.39, 0.29) is 18.3 Å². The first kappa shape index (κ1) is 10.3. The van der Waals surface area contributed by atoms with E-state index in [4.69, 9.17) is 10.2 Å². The maximum Gasteiger partial charge on any atom is 0.229 e. The van der Waals surface area contributed by atoms with Crippen LogP contribution < -0.4 is 5.73 Å². The molecule has 0 aliphatic heterocycles. The summed E-state index contributed by atoms with van der Waals surface area (Å²) in [5.74, 6) is -0.127. The van der Waals surface area contributed by atoms with Gasteiger partial charge in [0, 0.05) is 11.0 Å². The second kappa shape index (κ2) is 4.12. The first-order valence-corrected chi connectivity index (χ1v) is 5.10. The molecular formula is C10H8BrFN2O. The molecule has 1 aromatic heterocycles. The highest BCUT2D eigenvalue weighted by Gasteiger charge is 2.11. The van der Waals surface area contributed by atoms with Gasteiger partial charge in [0.1, 0.15) is 12.1 Å². The lowest BCUT2D eigenvalue weighted by atomic mass is 10.2. The SMILES string of the molecule is NCc1coc(-c2cc(Br)ccc2F)n1. The third-order valence-electron chi connectivity index (χ3n) is 1.92. The summed E-state index contributed by atoms with van der Waals surface area (Å²) >= 11 is 3.26. The first-order chi connectivity index (χ1) is 7.20. The van der Waals surface area contributed by atoms with E-state index in [1.54, 1.807) is 12.1 Å². The Bertz CT molecular complexity index is 484. The third kappa shape index (κ3) is 2.08. The van der Waals surface area contributed by atoms with E-state index in [1.165, 1.54) is 12.3 Å². The van der Waals surface area contributed by atoms with Crippen LogP contribution in [0.5, 0.6) is 0 Å². The smallest absolute Gasteiger partial charge is 0.229 e. The van der Waals surface area contributed by atoms with Crippen LogP contribution in [0.1, 0.15) is 5.69 Å². The lowest BCUT2D eigenvalue weighted by Gasteiger charge is -1.98. The van der Waals surface area contributed by atoms with Gasteiger partial charge in [0.05, 0.1) is 11.3 Å². The standard InChI is InChI=1S/C10H8BrFN2O/c11-6-1-2-9(12)8(3-6)10-14-7(4-13)5-15-10/h1-3,5H,4,13H2. The number of hydrogen-bond donors (Lipinski definition) is 1. The molecule has 0 bridgehead atoms. The van der Waals surface area contributed by atoms with Gasteiger partial charge in [-0.25, -0.2) is 9.37 Å². The van der Waals surface area contributed by atoms with Crippen molar-refractivity contribution in [3.63, 3.8) is 0 Å². The molecule has 0 fully saturated rings. The molecule has 0 atom stereocenters. The fourth-order valence-corrected chi connectivity index (χ4v) is 1.55. The van der Waals surface area contributed by atoms with Crippen LogP contribution in [0, 0.1) is 5.82 Å². The van der Waals surface area contributed by atoms with E-state index in [9.17, 15) is 4.39 Å². The van der Waals surface area contributed by atoms with Gasteiger partial charge in [0.15, 0.2) is 0 Å². The minimum Gasteiger partial charge on any atom is -0.444 e. The van der Waals surface area contributed by atoms with Crippen molar-refractivity contribution in [2.24, 2.45) is 5.73 Å². The van der Waals surface area contributed by atoms with Crippen LogP contribution in [0.4, 0.5) is 4.39 Å². The number of nitrogens with zero attached hydrogens (tertiary/aromatic N) is 1. The Balaban J connectivity index is 2.48. The Morgan fingerprint density at radius 1 is 1.47 bits per heavy atom. The summed E-state index contributed by atoms with van der Waals surface area (Å²) in [5.41, 5.74) is 6.31. The van der Waals surface area contributed by atoms with Crippen LogP contribution in [-0.2, 0) is 6.54 Å². The fourth-order valence-electron chi connectivity index (χ4n) is 1.19.